The number of hydrogen-bond donors (Lipinski definition) is 2. The van der Waals surface area contributed by atoms with E-state index in [9.17, 15) is 4.79 Å². The zero-order valence-corrected chi connectivity index (χ0v) is 14.9. The molecule has 0 saturated heterocycles. The van der Waals surface area contributed by atoms with Crippen LogP contribution in [0.2, 0.25) is 5.02 Å². The molecule has 1 amide bonds. The van der Waals surface area contributed by atoms with Gasteiger partial charge in [0, 0.05) is 22.3 Å². The number of carbonyl (C=O) groups excluding carboxylic acids is 1. The zero-order valence-electron chi connectivity index (χ0n) is 14.1. The Bertz CT molecular complexity index is 782. The molecule has 6 nitrogen and oxygen atoms in total. The fraction of sp³-hybridized carbons (Fsp3) is 0.278. The Balaban J connectivity index is 1.58. The number of nitrogens with one attached hydrogen (secondary N) is 2. The number of benzene rings is 2. The summed E-state index contributed by atoms with van der Waals surface area (Å²) in [6.07, 6.45) is 0. The maximum Gasteiger partial charge on any atom is 0.279 e. The van der Waals surface area contributed by atoms with Crippen LogP contribution in [0.1, 0.15) is 5.56 Å². The van der Waals surface area contributed by atoms with Gasteiger partial charge in [-0.2, -0.15) is 0 Å². The number of likely N-dealkylation sites (N-methyl/N-ethyl adjacent to an activating group) is 1. The SMILES string of the molecule is COc1ccc(Cl)cc1C[NH+](C)CC(=O)Nc1ccc2c(c1)OCO2. The minimum Gasteiger partial charge on any atom is -0.496 e. The van der Waals surface area contributed by atoms with Gasteiger partial charge in [0.25, 0.3) is 5.91 Å². The average Bonchev–Trinajstić information content (AvgIpc) is 3.02. The molecule has 1 aliphatic heterocycles. The summed E-state index contributed by atoms with van der Waals surface area (Å²) in [5.74, 6) is 2.01. The summed E-state index contributed by atoms with van der Waals surface area (Å²) in [5.41, 5.74) is 1.64. The van der Waals surface area contributed by atoms with Gasteiger partial charge in [0.05, 0.1) is 14.2 Å². The van der Waals surface area contributed by atoms with Crippen LogP contribution in [0.15, 0.2) is 36.4 Å². The second-order valence-corrected chi connectivity index (χ2v) is 6.32. The van der Waals surface area contributed by atoms with E-state index in [0.717, 1.165) is 16.2 Å². The molecule has 3 rings (SSSR count). The first-order valence-corrected chi connectivity index (χ1v) is 8.26. The number of halogens is 1. The van der Waals surface area contributed by atoms with Crippen LogP contribution in [0.3, 0.4) is 0 Å². The van der Waals surface area contributed by atoms with Gasteiger partial charge in [0.2, 0.25) is 6.79 Å². The van der Waals surface area contributed by atoms with Crippen molar-refractivity contribution in [2.45, 2.75) is 6.54 Å². The van der Waals surface area contributed by atoms with Crippen LogP contribution in [0.4, 0.5) is 5.69 Å². The first-order chi connectivity index (χ1) is 12.0. The number of methoxy groups -OCH3 is 1. The third-order valence-corrected chi connectivity index (χ3v) is 4.09. The van der Waals surface area contributed by atoms with Crippen LogP contribution in [-0.2, 0) is 11.3 Å². The van der Waals surface area contributed by atoms with Crippen LogP contribution in [0.5, 0.6) is 17.2 Å². The van der Waals surface area contributed by atoms with Gasteiger partial charge in [-0.1, -0.05) is 11.6 Å². The van der Waals surface area contributed by atoms with Gasteiger partial charge in [-0.25, -0.2) is 0 Å². The van der Waals surface area contributed by atoms with Gasteiger partial charge in [0.1, 0.15) is 12.3 Å². The van der Waals surface area contributed by atoms with Crippen LogP contribution in [0.25, 0.3) is 0 Å². The topological polar surface area (TPSA) is 61.2 Å². The van der Waals surface area contributed by atoms with E-state index in [1.54, 1.807) is 31.4 Å². The molecule has 0 aromatic heterocycles. The second-order valence-electron chi connectivity index (χ2n) is 5.88. The van der Waals surface area contributed by atoms with E-state index in [4.69, 9.17) is 25.8 Å². The molecular weight excluding hydrogens is 344 g/mol. The molecule has 0 saturated carbocycles. The Morgan fingerprint density at radius 1 is 1.24 bits per heavy atom. The first kappa shape index (κ1) is 17.4. The van der Waals surface area contributed by atoms with Gasteiger partial charge in [-0.3, -0.25) is 4.79 Å². The lowest BCUT2D eigenvalue weighted by Gasteiger charge is -2.16. The molecular formula is C18H20ClN2O4+. The molecule has 0 fully saturated rings. The third kappa shape index (κ3) is 4.35. The van der Waals surface area contributed by atoms with E-state index in [1.807, 2.05) is 19.2 Å². The number of ether oxygens (including phenoxy) is 3. The minimum atomic E-state index is -0.0858. The molecule has 1 unspecified atom stereocenters. The van der Waals surface area contributed by atoms with Crippen LogP contribution < -0.4 is 24.4 Å². The third-order valence-electron chi connectivity index (χ3n) is 3.85. The Hall–Kier alpha value is -2.44. The predicted octanol–water partition coefficient (Wildman–Crippen LogP) is 1.73. The fourth-order valence-corrected chi connectivity index (χ4v) is 2.92. The van der Waals surface area contributed by atoms with E-state index < -0.39 is 0 Å². The van der Waals surface area contributed by atoms with Gasteiger partial charge in [-0.15, -0.1) is 0 Å². The first-order valence-electron chi connectivity index (χ1n) is 7.88. The summed E-state index contributed by atoms with van der Waals surface area (Å²) in [6.45, 7) is 1.14. The van der Waals surface area contributed by atoms with Crippen LogP contribution in [-0.4, -0.2) is 33.4 Å². The minimum absolute atomic E-state index is 0.0858. The number of anilines is 1. The summed E-state index contributed by atoms with van der Waals surface area (Å²) in [5, 5.41) is 3.52. The van der Waals surface area contributed by atoms with Gasteiger partial charge < -0.3 is 24.4 Å². The number of quaternary nitrogens is 1. The highest BCUT2D eigenvalue weighted by molar-refractivity contribution is 6.30. The highest BCUT2D eigenvalue weighted by Crippen LogP contribution is 2.34. The predicted molar refractivity (Wildman–Crippen MR) is 94.7 cm³/mol. The summed E-state index contributed by atoms with van der Waals surface area (Å²) < 4.78 is 15.9. The monoisotopic (exact) mass is 363 g/mol. The molecule has 0 aliphatic carbocycles. The Morgan fingerprint density at radius 3 is 2.84 bits per heavy atom. The van der Waals surface area contributed by atoms with Crippen molar-refractivity contribution < 1.29 is 23.9 Å². The number of fused-ring (bicyclic) bond motifs is 1. The summed E-state index contributed by atoms with van der Waals surface area (Å²) in [4.78, 5) is 13.3. The maximum absolute atomic E-state index is 12.3. The average molecular weight is 364 g/mol. The molecule has 132 valence electrons. The molecule has 2 aromatic rings. The second kappa shape index (κ2) is 7.63. The Labute approximate surface area is 151 Å². The number of rotatable bonds is 6. The van der Waals surface area contributed by atoms with Crippen LogP contribution in [0, 0.1) is 0 Å². The van der Waals surface area contributed by atoms with Crippen molar-refractivity contribution in [1.29, 1.82) is 0 Å². The quantitative estimate of drug-likeness (QED) is 0.820. The summed E-state index contributed by atoms with van der Waals surface area (Å²) >= 11 is 6.05. The lowest BCUT2D eigenvalue weighted by Crippen LogP contribution is -3.08. The summed E-state index contributed by atoms with van der Waals surface area (Å²) in [7, 11) is 3.56. The smallest absolute Gasteiger partial charge is 0.279 e. The largest absolute Gasteiger partial charge is 0.496 e. The van der Waals surface area contributed by atoms with E-state index in [2.05, 4.69) is 5.32 Å². The molecule has 0 bridgehead atoms. The van der Waals surface area contributed by atoms with E-state index >= 15 is 0 Å². The van der Waals surface area contributed by atoms with Crippen molar-refractivity contribution in [3.63, 3.8) is 0 Å². The van der Waals surface area contributed by atoms with Crippen LogP contribution >= 0.6 is 11.6 Å². The van der Waals surface area contributed by atoms with E-state index in [-0.39, 0.29) is 12.7 Å². The highest BCUT2D eigenvalue weighted by atomic mass is 35.5. The van der Waals surface area contributed by atoms with E-state index in [0.29, 0.717) is 35.3 Å². The lowest BCUT2D eigenvalue weighted by atomic mass is 10.2. The number of hydrogen-bond acceptors (Lipinski definition) is 4. The molecule has 1 aliphatic rings. The molecule has 2 aromatic carbocycles. The van der Waals surface area contributed by atoms with Gasteiger partial charge in [-0.05, 0) is 30.3 Å². The molecule has 1 atom stereocenters. The van der Waals surface area contributed by atoms with Gasteiger partial charge in [0.15, 0.2) is 18.0 Å². The number of carbonyl (C=O) groups is 1. The van der Waals surface area contributed by atoms with Crippen molar-refractivity contribution >= 4 is 23.2 Å². The fourth-order valence-electron chi connectivity index (χ4n) is 2.73. The highest BCUT2D eigenvalue weighted by Gasteiger charge is 2.17. The van der Waals surface area contributed by atoms with Crippen molar-refractivity contribution in [3.8, 4) is 17.2 Å². The Morgan fingerprint density at radius 2 is 2.04 bits per heavy atom. The lowest BCUT2D eigenvalue weighted by molar-refractivity contribution is -0.885. The molecule has 0 radical (unpaired) electrons. The van der Waals surface area contributed by atoms with Crippen molar-refractivity contribution in [3.05, 3.63) is 47.0 Å². The maximum atomic E-state index is 12.3. The number of amides is 1. The molecule has 0 spiro atoms. The molecule has 2 N–H and O–H groups in total. The molecule has 25 heavy (non-hydrogen) atoms. The standard InChI is InChI=1S/C18H19ClN2O4/c1-21(9-12-7-13(19)3-5-15(12)23-2)10-18(22)20-14-4-6-16-17(8-14)25-11-24-16/h3-8H,9-11H2,1-2H3,(H,20,22)/p+1. The van der Waals surface area contributed by atoms with Crippen molar-refractivity contribution in [1.82, 2.24) is 0 Å². The Kier molecular flexibility index (Phi) is 5.31. The zero-order chi connectivity index (χ0) is 17.8. The summed E-state index contributed by atoms with van der Waals surface area (Å²) in [6, 6.07) is 10.8. The van der Waals surface area contributed by atoms with Gasteiger partial charge >= 0.3 is 0 Å². The normalized spacial score (nSPS) is 13.4. The van der Waals surface area contributed by atoms with Crippen molar-refractivity contribution in [2.24, 2.45) is 0 Å². The molecule has 7 heteroatoms. The molecule has 1 heterocycles. The van der Waals surface area contributed by atoms with Crippen molar-refractivity contribution in [2.75, 3.05) is 32.8 Å². The van der Waals surface area contributed by atoms with E-state index in [1.165, 1.54) is 0 Å².